The summed E-state index contributed by atoms with van der Waals surface area (Å²) < 4.78 is 0. The van der Waals surface area contributed by atoms with E-state index in [-0.39, 0.29) is 18.3 Å². The van der Waals surface area contributed by atoms with Crippen LogP contribution in [0.2, 0.25) is 0 Å². The zero-order chi connectivity index (χ0) is 11.1. The lowest BCUT2D eigenvalue weighted by Crippen LogP contribution is -2.43. The number of rotatable bonds is 5. The summed E-state index contributed by atoms with van der Waals surface area (Å²) in [4.78, 5) is 11.7. The van der Waals surface area contributed by atoms with Gasteiger partial charge in [0.25, 0.3) is 0 Å². The number of amides is 1. The Balaban J connectivity index is 0.00000225. The second kappa shape index (κ2) is 9.14. The van der Waals surface area contributed by atoms with Crippen molar-refractivity contribution in [2.24, 2.45) is 0 Å². The molecule has 2 N–H and O–H groups in total. The summed E-state index contributed by atoms with van der Waals surface area (Å²) in [6, 6.07) is 0.729. The maximum absolute atomic E-state index is 11.7. The molecule has 1 aliphatic heterocycles. The molecule has 96 valence electrons. The predicted molar refractivity (Wildman–Crippen MR) is 73.5 cm³/mol. The number of carbonyl (C=O) groups excluding carboxylic acids is 1. The summed E-state index contributed by atoms with van der Waals surface area (Å²) in [6.07, 6.45) is 2.67. The first-order valence-electron chi connectivity index (χ1n) is 5.86. The molecule has 1 aliphatic rings. The molecule has 1 unspecified atom stereocenters. The van der Waals surface area contributed by atoms with Gasteiger partial charge in [0.2, 0.25) is 5.91 Å². The normalized spacial score (nSPS) is 20.3. The Bertz CT molecular complexity index is 194. The Morgan fingerprint density at radius 1 is 1.50 bits per heavy atom. The highest BCUT2D eigenvalue weighted by Gasteiger charge is 2.17. The Morgan fingerprint density at radius 2 is 2.19 bits per heavy atom. The number of carbonyl (C=O) groups is 1. The molecule has 1 atom stereocenters. The van der Waals surface area contributed by atoms with Crippen LogP contribution in [-0.4, -0.2) is 36.0 Å². The fraction of sp³-hybridized carbons (Fsp3) is 0.909. The van der Waals surface area contributed by atoms with E-state index in [9.17, 15) is 4.79 Å². The molecule has 5 heteroatoms. The molecule has 1 amide bonds. The van der Waals surface area contributed by atoms with Gasteiger partial charge in [-0.25, -0.2) is 0 Å². The first kappa shape index (κ1) is 16.1. The van der Waals surface area contributed by atoms with Gasteiger partial charge in [-0.2, -0.15) is 11.8 Å². The smallest absolute Gasteiger partial charge is 0.221 e. The van der Waals surface area contributed by atoms with Gasteiger partial charge in [-0.3, -0.25) is 4.79 Å². The Hall–Kier alpha value is 0.0700. The standard InChI is InChI=1S/C11H22N2OS.ClH/c1-3-9(4-2)13-11(14)7-10-8-15-6-5-12-10;/h9-10,12H,3-8H2,1-2H3,(H,13,14);1H. The SMILES string of the molecule is CCC(CC)NC(=O)CC1CSCCN1.Cl. The van der Waals surface area contributed by atoms with Crippen LogP contribution in [-0.2, 0) is 4.79 Å². The monoisotopic (exact) mass is 266 g/mol. The molecule has 1 fully saturated rings. The highest BCUT2D eigenvalue weighted by atomic mass is 35.5. The third-order valence-electron chi connectivity index (χ3n) is 2.78. The topological polar surface area (TPSA) is 41.1 Å². The van der Waals surface area contributed by atoms with E-state index < -0.39 is 0 Å². The van der Waals surface area contributed by atoms with Gasteiger partial charge >= 0.3 is 0 Å². The predicted octanol–water partition coefficient (Wildman–Crippen LogP) is 1.81. The molecule has 1 heterocycles. The van der Waals surface area contributed by atoms with Crippen LogP contribution in [0.25, 0.3) is 0 Å². The third kappa shape index (κ3) is 5.97. The molecule has 0 aromatic rings. The van der Waals surface area contributed by atoms with Crippen LogP contribution in [0.5, 0.6) is 0 Å². The molecule has 16 heavy (non-hydrogen) atoms. The largest absolute Gasteiger partial charge is 0.353 e. The van der Waals surface area contributed by atoms with E-state index in [2.05, 4.69) is 24.5 Å². The van der Waals surface area contributed by atoms with Gasteiger partial charge in [-0.15, -0.1) is 12.4 Å². The zero-order valence-corrected chi connectivity index (χ0v) is 11.8. The van der Waals surface area contributed by atoms with Crippen molar-refractivity contribution in [3.63, 3.8) is 0 Å². The number of nitrogens with one attached hydrogen (secondary N) is 2. The quantitative estimate of drug-likeness (QED) is 0.798. The lowest BCUT2D eigenvalue weighted by Gasteiger charge is -2.23. The van der Waals surface area contributed by atoms with Crippen molar-refractivity contribution >= 4 is 30.1 Å². The van der Waals surface area contributed by atoms with Crippen molar-refractivity contribution in [3.8, 4) is 0 Å². The van der Waals surface area contributed by atoms with E-state index in [1.165, 1.54) is 5.75 Å². The van der Waals surface area contributed by atoms with Crippen LogP contribution < -0.4 is 10.6 Å². The first-order valence-corrected chi connectivity index (χ1v) is 7.02. The van der Waals surface area contributed by atoms with E-state index in [1.807, 2.05) is 11.8 Å². The zero-order valence-electron chi connectivity index (χ0n) is 10.1. The highest BCUT2D eigenvalue weighted by molar-refractivity contribution is 7.99. The second-order valence-electron chi connectivity index (χ2n) is 4.01. The van der Waals surface area contributed by atoms with Crippen LogP contribution in [0.1, 0.15) is 33.1 Å². The van der Waals surface area contributed by atoms with Crippen molar-refractivity contribution < 1.29 is 4.79 Å². The van der Waals surface area contributed by atoms with Gasteiger partial charge in [0.1, 0.15) is 0 Å². The molecule has 0 radical (unpaired) electrons. The summed E-state index contributed by atoms with van der Waals surface area (Å²) in [5.74, 6) is 2.43. The molecular formula is C11H23ClN2OS. The number of halogens is 1. The van der Waals surface area contributed by atoms with Crippen LogP contribution in [0.3, 0.4) is 0 Å². The van der Waals surface area contributed by atoms with Gasteiger partial charge in [-0.05, 0) is 12.8 Å². The molecular weight excluding hydrogens is 244 g/mol. The Kier molecular flexibility index (Phi) is 9.18. The lowest BCUT2D eigenvalue weighted by atomic mass is 10.1. The van der Waals surface area contributed by atoms with Crippen LogP contribution in [0.15, 0.2) is 0 Å². The average molecular weight is 267 g/mol. The fourth-order valence-corrected chi connectivity index (χ4v) is 2.70. The minimum absolute atomic E-state index is 0. The summed E-state index contributed by atoms with van der Waals surface area (Å²) >= 11 is 1.93. The van der Waals surface area contributed by atoms with Gasteiger partial charge in [0.05, 0.1) is 0 Å². The van der Waals surface area contributed by atoms with Crippen LogP contribution >= 0.6 is 24.2 Å². The van der Waals surface area contributed by atoms with Crippen LogP contribution in [0.4, 0.5) is 0 Å². The van der Waals surface area contributed by atoms with Crippen molar-refractivity contribution in [2.45, 2.75) is 45.2 Å². The fourth-order valence-electron chi connectivity index (χ4n) is 1.75. The van der Waals surface area contributed by atoms with Crippen molar-refractivity contribution in [1.29, 1.82) is 0 Å². The molecule has 1 saturated heterocycles. The summed E-state index contributed by atoms with van der Waals surface area (Å²) in [5, 5.41) is 6.45. The van der Waals surface area contributed by atoms with Crippen molar-refractivity contribution in [2.75, 3.05) is 18.1 Å². The summed E-state index contributed by atoms with van der Waals surface area (Å²) in [5.41, 5.74) is 0. The van der Waals surface area contributed by atoms with Gasteiger partial charge < -0.3 is 10.6 Å². The van der Waals surface area contributed by atoms with Gasteiger partial charge in [-0.1, -0.05) is 13.8 Å². The highest BCUT2D eigenvalue weighted by Crippen LogP contribution is 2.10. The maximum atomic E-state index is 11.7. The van der Waals surface area contributed by atoms with Crippen LogP contribution in [0, 0.1) is 0 Å². The van der Waals surface area contributed by atoms with E-state index >= 15 is 0 Å². The van der Waals surface area contributed by atoms with E-state index in [0.717, 1.165) is 25.1 Å². The third-order valence-corrected chi connectivity index (χ3v) is 3.91. The molecule has 0 bridgehead atoms. The average Bonchev–Trinajstić information content (AvgIpc) is 2.27. The lowest BCUT2D eigenvalue weighted by molar-refractivity contribution is -0.122. The molecule has 0 aliphatic carbocycles. The molecule has 3 nitrogen and oxygen atoms in total. The summed E-state index contributed by atoms with van der Waals surface area (Å²) in [7, 11) is 0. The van der Waals surface area contributed by atoms with Crippen molar-refractivity contribution in [3.05, 3.63) is 0 Å². The minimum Gasteiger partial charge on any atom is -0.353 e. The molecule has 0 aromatic carbocycles. The number of thioether (sulfide) groups is 1. The van der Waals surface area contributed by atoms with E-state index in [1.54, 1.807) is 0 Å². The summed E-state index contributed by atoms with van der Waals surface area (Å²) in [6.45, 7) is 5.26. The minimum atomic E-state index is 0. The van der Waals surface area contributed by atoms with Gasteiger partial charge in [0.15, 0.2) is 0 Å². The number of hydrogen-bond acceptors (Lipinski definition) is 3. The van der Waals surface area contributed by atoms with Crippen molar-refractivity contribution in [1.82, 2.24) is 10.6 Å². The molecule has 1 rings (SSSR count). The number of hydrogen-bond donors (Lipinski definition) is 2. The second-order valence-corrected chi connectivity index (χ2v) is 5.16. The molecule has 0 aromatic heterocycles. The van der Waals surface area contributed by atoms with E-state index in [4.69, 9.17) is 0 Å². The first-order chi connectivity index (χ1) is 7.26. The van der Waals surface area contributed by atoms with E-state index in [0.29, 0.717) is 18.5 Å². The maximum Gasteiger partial charge on any atom is 0.221 e. The van der Waals surface area contributed by atoms with Gasteiger partial charge in [0, 0.05) is 36.6 Å². The Labute approximate surface area is 109 Å². The Morgan fingerprint density at radius 3 is 2.69 bits per heavy atom. The molecule has 0 spiro atoms. The molecule has 0 saturated carbocycles.